The molecule has 2 aromatic carbocycles. The van der Waals surface area contributed by atoms with Gasteiger partial charge in [-0.1, -0.05) is 23.7 Å². The van der Waals surface area contributed by atoms with Gasteiger partial charge in [-0.25, -0.2) is 0 Å². The van der Waals surface area contributed by atoms with Crippen molar-refractivity contribution in [3.8, 4) is 5.69 Å². The number of aromatic amines is 1. The molecule has 3 rings (SSSR count). The first-order valence-electron chi connectivity index (χ1n) is 5.63. The van der Waals surface area contributed by atoms with Gasteiger partial charge in [-0.15, -0.1) is 0 Å². The molecule has 2 nitrogen and oxygen atoms in total. The van der Waals surface area contributed by atoms with Gasteiger partial charge in [0.05, 0.1) is 11.0 Å². The second kappa shape index (κ2) is 4.26. The summed E-state index contributed by atoms with van der Waals surface area (Å²) in [6, 6.07) is 13.8. The number of hydrogen-bond acceptors (Lipinski definition) is 1. The van der Waals surface area contributed by atoms with Crippen molar-refractivity contribution in [3.05, 3.63) is 57.8 Å². The highest BCUT2D eigenvalue weighted by Gasteiger charge is 2.08. The fourth-order valence-corrected chi connectivity index (χ4v) is 2.60. The van der Waals surface area contributed by atoms with Crippen LogP contribution >= 0.6 is 23.8 Å². The third-order valence-corrected chi connectivity index (χ3v) is 3.53. The van der Waals surface area contributed by atoms with E-state index >= 15 is 0 Å². The maximum atomic E-state index is 5.92. The zero-order valence-corrected chi connectivity index (χ0v) is 11.3. The zero-order valence-electron chi connectivity index (χ0n) is 9.77. The van der Waals surface area contributed by atoms with Crippen molar-refractivity contribution in [2.24, 2.45) is 0 Å². The minimum absolute atomic E-state index is 0.696. The van der Waals surface area contributed by atoms with E-state index in [1.54, 1.807) is 0 Å². The van der Waals surface area contributed by atoms with Crippen LogP contribution in [0.1, 0.15) is 5.56 Å². The molecule has 0 aliphatic rings. The fourth-order valence-electron chi connectivity index (χ4n) is 2.17. The molecule has 0 aliphatic carbocycles. The second-order valence-electron chi connectivity index (χ2n) is 4.21. The molecule has 0 unspecified atom stereocenters. The molecule has 0 saturated heterocycles. The van der Waals surface area contributed by atoms with Crippen LogP contribution in [0.15, 0.2) is 42.5 Å². The minimum atomic E-state index is 0.696. The maximum Gasteiger partial charge on any atom is 0.182 e. The average molecular weight is 275 g/mol. The van der Waals surface area contributed by atoms with Gasteiger partial charge in [-0.05, 0) is 55.0 Å². The SMILES string of the molecule is Cc1cccc2[nH]c(=S)n(-c3ccc(Cl)cc3)c12. The molecule has 0 spiro atoms. The van der Waals surface area contributed by atoms with Crippen molar-refractivity contribution in [2.45, 2.75) is 6.92 Å². The van der Waals surface area contributed by atoms with E-state index in [0.29, 0.717) is 4.77 Å². The van der Waals surface area contributed by atoms with Gasteiger partial charge in [0.15, 0.2) is 4.77 Å². The van der Waals surface area contributed by atoms with Crippen LogP contribution < -0.4 is 0 Å². The van der Waals surface area contributed by atoms with Crippen molar-refractivity contribution in [3.63, 3.8) is 0 Å². The van der Waals surface area contributed by atoms with Crippen LogP contribution in [0.25, 0.3) is 16.7 Å². The van der Waals surface area contributed by atoms with E-state index < -0.39 is 0 Å². The lowest BCUT2D eigenvalue weighted by Crippen LogP contribution is -1.94. The van der Waals surface area contributed by atoms with Gasteiger partial charge in [-0.3, -0.25) is 4.57 Å². The molecule has 0 aliphatic heterocycles. The molecule has 3 aromatic rings. The Morgan fingerprint density at radius 1 is 1.11 bits per heavy atom. The first-order chi connectivity index (χ1) is 8.66. The largest absolute Gasteiger partial charge is 0.330 e. The molecule has 1 heterocycles. The highest BCUT2D eigenvalue weighted by molar-refractivity contribution is 7.71. The number of halogens is 1. The Hall–Kier alpha value is -1.58. The summed E-state index contributed by atoms with van der Waals surface area (Å²) in [5.41, 5.74) is 4.37. The molecule has 4 heteroatoms. The molecule has 0 fully saturated rings. The van der Waals surface area contributed by atoms with Gasteiger partial charge >= 0.3 is 0 Å². The number of fused-ring (bicyclic) bond motifs is 1. The predicted molar refractivity (Wildman–Crippen MR) is 78.2 cm³/mol. The smallest absolute Gasteiger partial charge is 0.182 e. The molecule has 18 heavy (non-hydrogen) atoms. The molecule has 0 radical (unpaired) electrons. The Kier molecular flexibility index (Phi) is 2.73. The van der Waals surface area contributed by atoms with Gasteiger partial charge in [0.2, 0.25) is 0 Å². The van der Waals surface area contributed by atoms with Crippen LogP contribution in [-0.4, -0.2) is 9.55 Å². The van der Waals surface area contributed by atoms with Crippen molar-refractivity contribution in [2.75, 3.05) is 0 Å². The summed E-state index contributed by atoms with van der Waals surface area (Å²) in [6.07, 6.45) is 0. The molecule has 0 atom stereocenters. The van der Waals surface area contributed by atoms with E-state index in [1.165, 1.54) is 5.56 Å². The molecule has 0 amide bonds. The van der Waals surface area contributed by atoms with Gasteiger partial charge in [0.1, 0.15) is 0 Å². The first kappa shape index (κ1) is 11.5. The summed E-state index contributed by atoms with van der Waals surface area (Å²) in [5.74, 6) is 0. The lowest BCUT2D eigenvalue weighted by molar-refractivity contribution is 1.06. The van der Waals surface area contributed by atoms with Crippen LogP contribution in [-0.2, 0) is 0 Å². The Labute approximate surface area is 115 Å². The summed E-state index contributed by atoms with van der Waals surface area (Å²) in [4.78, 5) is 3.23. The fraction of sp³-hybridized carbons (Fsp3) is 0.0714. The number of para-hydroxylation sites is 1. The van der Waals surface area contributed by atoms with Gasteiger partial charge in [0, 0.05) is 10.7 Å². The second-order valence-corrected chi connectivity index (χ2v) is 5.04. The quantitative estimate of drug-likeness (QED) is 0.641. The lowest BCUT2D eigenvalue weighted by Gasteiger charge is -2.06. The Morgan fingerprint density at radius 3 is 2.56 bits per heavy atom. The summed E-state index contributed by atoms with van der Waals surface area (Å²) in [7, 11) is 0. The Balaban J connectivity index is 2.38. The summed E-state index contributed by atoms with van der Waals surface area (Å²) >= 11 is 11.3. The van der Waals surface area contributed by atoms with Crippen LogP contribution in [0.2, 0.25) is 5.02 Å². The molecule has 90 valence electrons. The number of imidazole rings is 1. The van der Waals surface area contributed by atoms with Crippen molar-refractivity contribution in [1.82, 2.24) is 9.55 Å². The van der Waals surface area contributed by atoms with Crippen LogP contribution in [0.5, 0.6) is 0 Å². The van der Waals surface area contributed by atoms with Crippen LogP contribution in [0, 0.1) is 11.7 Å². The zero-order chi connectivity index (χ0) is 12.7. The molecule has 0 saturated carbocycles. The number of aromatic nitrogens is 2. The van der Waals surface area contributed by atoms with Crippen molar-refractivity contribution >= 4 is 34.9 Å². The van der Waals surface area contributed by atoms with E-state index in [-0.39, 0.29) is 0 Å². The van der Waals surface area contributed by atoms with Gasteiger partial charge in [-0.2, -0.15) is 0 Å². The van der Waals surface area contributed by atoms with E-state index in [4.69, 9.17) is 23.8 Å². The molecular weight excluding hydrogens is 264 g/mol. The Bertz CT molecular complexity index is 769. The van der Waals surface area contributed by atoms with Crippen molar-refractivity contribution in [1.29, 1.82) is 0 Å². The minimum Gasteiger partial charge on any atom is -0.330 e. The monoisotopic (exact) mass is 274 g/mol. The number of aryl methyl sites for hydroxylation is 1. The first-order valence-corrected chi connectivity index (χ1v) is 6.42. The van der Waals surface area contributed by atoms with Crippen molar-refractivity contribution < 1.29 is 0 Å². The van der Waals surface area contributed by atoms with Gasteiger partial charge in [0.25, 0.3) is 0 Å². The van der Waals surface area contributed by atoms with E-state index in [9.17, 15) is 0 Å². The predicted octanol–water partition coefficient (Wildman–Crippen LogP) is 4.65. The summed E-state index contributed by atoms with van der Waals surface area (Å²) in [6.45, 7) is 2.08. The molecular formula is C14H11ClN2S. The van der Waals surface area contributed by atoms with E-state index in [2.05, 4.69) is 18.0 Å². The highest BCUT2D eigenvalue weighted by Crippen LogP contribution is 2.23. The maximum absolute atomic E-state index is 5.92. The molecule has 1 N–H and O–H groups in total. The summed E-state index contributed by atoms with van der Waals surface area (Å²) in [5, 5.41) is 0.724. The third kappa shape index (κ3) is 1.76. The van der Waals surface area contributed by atoms with Crippen LogP contribution in [0.4, 0.5) is 0 Å². The number of benzene rings is 2. The van der Waals surface area contributed by atoms with Crippen LogP contribution in [0.3, 0.4) is 0 Å². The highest BCUT2D eigenvalue weighted by atomic mass is 35.5. The number of H-pyrrole nitrogens is 1. The molecule has 1 aromatic heterocycles. The number of nitrogens with zero attached hydrogens (tertiary/aromatic N) is 1. The third-order valence-electron chi connectivity index (χ3n) is 2.99. The topological polar surface area (TPSA) is 20.7 Å². The number of rotatable bonds is 1. The Morgan fingerprint density at radius 2 is 1.83 bits per heavy atom. The average Bonchev–Trinajstić information content (AvgIpc) is 2.68. The van der Waals surface area contributed by atoms with Gasteiger partial charge < -0.3 is 4.98 Å². The summed E-state index contributed by atoms with van der Waals surface area (Å²) < 4.78 is 2.73. The number of nitrogens with one attached hydrogen (secondary N) is 1. The van der Waals surface area contributed by atoms with E-state index in [1.807, 2.05) is 41.0 Å². The lowest BCUT2D eigenvalue weighted by atomic mass is 10.2. The molecule has 0 bridgehead atoms. The standard InChI is InChI=1S/C14H11ClN2S/c1-9-3-2-4-12-13(9)17(14(18)16-12)11-7-5-10(15)6-8-11/h2-8H,1H3,(H,16,18). The number of hydrogen-bond donors (Lipinski definition) is 1. The normalized spacial score (nSPS) is 11.0. The van der Waals surface area contributed by atoms with E-state index in [0.717, 1.165) is 21.7 Å².